The van der Waals surface area contributed by atoms with E-state index in [4.69, 9.17) is 4.74 Å². The van der Waals surface area contributed by atoms with Crippen LogP contribution in [0.5, 0.6) is 11.5 Å². The lowest BCUT2D eigenvalue weighted by Crippen LogP contribution is -2.31. The van der Waals surface area contributed by atoms with Crippen molar-refractivity contribution in [3.8, 4) is 11.5 Å². The molecule has 2 aliphatic heterocycles. The highest BCUT2D eigenvalue weighted by Crippen LogP contribution is 2.42. The maximum Gasteiger partial charge on any atom is 0.252 e. The second kappa shape index (κ2) is 7.63. The van der Waals surface area contributed by atoms with Crippen LogP contribution in [0.25, 0.3) is 6.08 Å². The first-order valence-electron chi connectivity index (χ1n) is 9.63. The average molecular weight is 367 g/mol. The molecule has 144 valence electrons. The molecule has 0 fully saturated rings. The number of phenols is 1. The third kappa shape index (κ3) is 4.26. The number of phenolic OH excluding ortho intramolecular Hbond substituents is 1. The van der Waals surface area contributed by atoms with Gasteiger partial charge in [-0.2, -0.15) is 0 Å². The lowest BCUT2D eigenvalue weighted by atomic mass is 9.92. The third-order valence-electron chi connectivity index (χ3n) is 5.25. The molecule has 4 heteroatoms. The van der Waals surface area contributed by atoms with Crippen molar-refractivity contribution in [3.63, 3.8) is 0 Å². The zero-order chi connectivity index (χ0) is 19.6. The molecule has 4 nitrogen and oxygen atoms in total. The number of rotatable bonds is 6. The smallest absolute Gasteiger partial charge is 0.252 e. The molecule has 1 atom stereocenters. The zero-order valence-electron chi connectivity index (χ0n) is 16.7. The largest absolute Gasteiger partial charge is 0.507 e. The first-order chi connectivity index (χ1) is 12.8. The Bertz CT molecular complexity index is 844. The van der Waals surface area contributed by atoms with Crippen molar-refractivity contribution in [2.45, 2.75) is 65.5 Å². The summed E-state index contributed by atoms with van der Waals surface area (Å²) in [4.78, 5) is 11.9. The molecule has 0 bridgehead atoms. The number of hydrogen-bond donors (Lipinski definition) is 2. The van der Waals surface area contributed by atoms with Gasteiger partial charge in [-0.3, -0.25) is 4.79 Å². The van der Waals surface area contributed by atoms with Crippen LogP contribution in [0.3, 0.4) is 0 Å². The zero-order valence-corrected chi connectivity index (χ0v) is 16.7. The molecule has 0 aromatic heterocycles. The summed E-state index contributed by atoms with van der Waals surface area (Å²) in [5.41, 5.74) is 4.14. The molecule has 1 amide bonds. The Morgan fingerprint density at radius 3 is 2.81 bits per heavy atom. The normalized spacial score (nSPS) is 20.6. The van der Waals surface area contributed by atoms with Gasteiger partial charge in [-0.15, -0.1) is 0 Å². The first-order valence-corrected chi connectivity index (χ1v) is 9.63. The first kappa shape index (κ1) is 19.3. The number of amides is 1. The summed E-state index contributed by atoms with van der Waals surface area (Å²) in [6, 6.07) is 1.76. The number of carbonyl (C=O) groups excluding carboxylic acids is 1. The molecule has 2 heterocycles. The second-order valence-electron chi connectivity index (χ2n) is 8.00. The summed E-state index contributed by atoms with van der Waals surface area (Å²) >= 11 is 0. The Hall–Kier alpha value is -2.49. The van der Waals surface area contributed by atoms with Crippen molar-refractivity contribution in [1.29, 1.82) is 0 Å². The van der Waals surface area contributed by atoms with Gasteiger partial charge in [-0.25, -0.2) is 0 Å². The van der Waals surface area contributed by atoms with Crippen LogP contribution in [0.15, 0.2) is 35.4 Å². The number of nitrogens with one attached hydrogen (secondary N) is 1. The molecule has 0 spiro atoms. The van der Waals surface area contributed by atoms with Gasteiger partial charge in [0.15, 0.2) is 0 Å². The van der Waals surface area contributed by atoms with E-state index in [0.717, 1.165) is 25.7 Å². The molecule has 1 aromatic carbocycles. The van der Waals surface area contributed by atoms with Gasteiger partial charge in [0, 0.05) is 12.1 Å². The van der Waals surface area contributed by atoms with Gasteiger partial charge < -0.3 is 15.2 Å². The number of allylic oxidation sites excluding steroid dienone is 4. The summed E-state index contributed by atoms with van der Waals surface area (Å²) in [6.45, 7) is 8.84. The quantitative estimate of drug-likeness (QED) is 0.673. The van der Waals surface area contributed by atoms with E-state index in [0.29, 0.717) is 29.0 Å². The van der Waals surface area contributed by atoms with E-state index in [1.165, 1.54) is 11.1 Å². The molecule has 0 saturated carbocycles. The third-order valence-corrected chi connectivity index (χ3v) is 5.25. The van der Waals surface area contributed by atoms with Gasteiger partial charge in [0.05, 0.1) is 11.1 Å². The molecule has 0 aliphatic carbocycles. The number of fused-ring (bicyclic) bond motifs is 2. The van der Waals surface area contributed by atoms with Gasteiger partial charge in [0.25, 0.3) is 5.91 Å². The Morgan fingerprint density at radius 1 is 1.30 bits per heavy atom. The summed E-state index contributed by atoms with van der Waals surface area (Å²) < 4.78 is 6.20. The van der Waals surface area contributed by atoms with Crippen molar-refractivity contribution in [1.82, 2.24) is 5.32 Å². The topological polar surface area (TPSA) is 58.6 Å². The standard InChI is InChI=1S/C23H29NO3/c1-15(2)7-5-8-16(3)9-6-11-23(4)12-10-17-20(27-23)13-18-19(21(17)25)14-24-22(18)26/h7,9-10,12-13,25H,5-6,8,11,14H2,1-4H3,(H,24,26). The summed E-state index contributed by atoms with van der Waals surface area (Å²) in [6.07, 6.45) is 12.4. The highest BCUT2D eigenvalue weighted by Gasteiger charge is 2.32. The van der Waals surface area contributed by atoms with Crippen molar-refractivity contribution in [2.75, 3.05) is 0 Å². The van der Waals surface area contributed by atoms with Crippen LogP contribution in [-0.4, -0.2) is 16.6 Å². The Balaban J connectivity index is 1.67. The van der Waals surface area contributed by atoms with Gasteiger partial charge in [0.1, 0.15) is 17.1 Å². The van der Waals surface area contributed by atoms with Crippen LogP contribution in [0.4, 0.5) is 0 Å². The molecular weight excluding hydrogens is 338 g/mol. The molecule has 0 radical (unpaired) electrons. The van der Waals surface area contributed by atoms with Crippen LogP contribution in [0.2, 0.25) is 0 Å². The number of hydrogen-bond acceptors (Lipinski definition) is 3. The van der Waals surface area contributed by atoms with E-state index < -0.39 is 5.60 Å². The Morgan fingerprint density at radius 2 is 2.07 bits per heavy atom. The van der Waals surface area contributed by atoms with Crippen molar-refractivity contribution in [2.24, 2.45) is 0 Å². The predicted molar refractivity (Wildman–Crippen MR) is 109 cm³/mol. The molecule has 0 saturated heterocycles. The second-order valence-corrected chi connectivity index (χ2v) is 8.00. The van der Waals surface area contributed by atoms with Crippen molar-refractivity contribution < 1.29 is 14.6 Å². The molecule has 1 aromatic rings. The molecule has 2 N–H and O–H groups in total. The van der Waals surface area contributed by atoms with Gasteiger partial charge >= 0.3 is 0 Å². The fourth-order valence-corrected chi connectivity index (χ4v) is 3.57. The van der Waals surface area contributed by atoms with Gasteiger partial charge in [-0.05, 0) is 71.6 Å². The molecule has 1 unspecified atom stereocenters. The van der Waals surface area contributed by atoms with Crippen LogP contribution in [-0.2, 0) is 6.54 Å². The van der Waals surface area contributed by atoms with E-state index in [-0.39, 0.29) is 11.7 Å². The van der Waals surface area contributed by atoms with Crippen LogP contribution >= 0.6 is 0 Å². The van der Waals surface area contributed by atoms with Gasteiger partial charge in [0.2, 0.25) is 0 Å². The Labute approximate surface area is 161 Å². The van der Waals surface area contributed by atoms with Crippen molar-refractivity contribution in [3.05, 3.63) is 52.1 Å². The maximum absolute atomic E-state index is 11.9. The van der Waals surface area contributed by atoms with E-state index >= 15 is 0 Å². The van der Waals surface area contributed by atoms with E-state index in [1.807, 2.05) is 19.1 Å². The number of carbonyl (C=O) groups is 1. The molecule has 2 aliphatic rings. The number of benzene rings is 1. The Kier molecular flexibility index (Phi) is 5.45. The maximum atomic E-state index is 11.9. The van der Waals surface area contributed by atoms with Crippen LogP contribution in [0, 0.1) is 0 Å². The molecular formula is C23H29NO3. The number of ether oxygens (including phenoxy) is 1. The molecule has 27 heavy (non-hydrogen) atoms. The summed E-state index contributed by atoms with van der Waals surface area (Å²) in [5.74, 6) is 0.574. The minimum Gasteiger partial charge on any atom is -0.507 e. The monoisotopic (exact) mass is 367 g/mol. The average Bonchev–Trinajstić information content (AvgIpc) is 2.95. The molecule has 3 rings (SSSR count). The van der Waals surface area contributed by atoms with Crippen LogP contribution in [0.1, 0.15) is 74.9 Å². The lowest BCUT2D eigenvalue weighted by Gasteiger charge is -2.32. The minimum absolute atomic E-state index is 0.147. The fourth-order valence-electron chi connectivity index (χ4n) is 3.57. The summed E-state index contributed by atoms with van der Waals surface area (Å²) in [7, 11) is 0. The summed E-state index contributed by atoms with van der Waals surface area (Å²) in [5, 5.41) is 13.2. The van der Waals surface area contributed by atoms with Gasteiger partial charge in [-0.1, -0.05) is 23.3 Å². The number of aromatic hydroxyl groups is 1. The van der Waals surface area contributed by atoms with Crippen LogP contribution < -0.4 is 10.1 Å². The predicted octanol–water partition coefficient (Wildman–Crippen LogP) is 5.27. The van der Waals surface area contributed by atoms with E-state index in [1.54, 1.807) is 6.07 Å². The van der Waals surface area contributed by atoms with E-state index in [2.05, 4.69) is 38.2 Å². The SMILES string of the molecule is CC(C)=CCCC(C)=CCCC1(C)C=Cc2c(cc3c(c2O)CNC3=O)O1. The van der Waals surface area contributed by atoms with Crippen molar-refractivity contribution >= 4 is 12.0 Å². The highest BCUT2D eigenvalue weighted by atomic mass is 16.5. The van der Waals surface area contributed by atoms with E-state index in [9.17, 15) is 9.90 Å². The minimum atomic E-state index is -0.445. The lowest BCUT2D eigenvalue weighted by molar-refractivity contribution is 0.0963. The highest BCUT2D eigenvalue weighted by molar-refractivity contribution is 6.00. The fraction of sp³-hybridized carbons (Fsp3) is 0.435.